The van der Waals surface area contributed by atoms with Gasteiger partial charge < -0.3 is 4.74 Å². The summed E-state index contributed by atoms with van der Waals surface area (Å²) in [6.45, 7) is 3.86. The Morgan fingerprint density at radius 1 is 1.57 bits per heavy atom. The molecule has 0 bridgehead atoms. The predicted molar refractivity (Wildman–Crippen MR) is 50.3 cm³/mol. The standard InChI is InChI=1S/C10H10N2O2/c1-3-14-10(13)5-4-9-7-11-6-8(2)12-9/h6-7H,3H2,1-2H3. The smallest absolute Gasteiger partial charge is 0.384 e. The highest BCUT2D eigenvalue weighted by Crippen LogP contribution is 1.91. The van der Waals surface area contributed by atoms with Gasteiger partial charge in [-0.2, -0.15) is 0 Å². The zero-order valence-electron chi connectivity index (χ0n) is 8.07. The van der Waals surface area contributed by atoms with Crippen molar-refractivity contribution in [1.29, 1.82) is 0 Å². The minimum Gasteiger partial charge on any atom is -0.456 e. The molecule has 1 heterocycles. The molecule has 0 unspecified atom stereocenters. The Kier molecular flexibility index (Phi) is 3.62. The average molecular weight is 190 g/mol. The molecule has 0 aliphatic carbocycles. The highest BCUT2D eigenvalue weighted by Gasteiger charge is 1.94. The Morgan fingerprint density at radius 2 is 2.36 bits per heavy atom. The van der Waals surface area contributed by atoms with E-state index in [1.54, 1.807) is 13.1 Å². The van der Waals surface area contributed by atoms with Gasteiger partial charge in [0.05, 0.1) is 18.5 Å². The van der Waals surface area contributed by atoms with E-state index in [-0.39, 0.29) is 0 Å². The second-order valence-electron chi connectivity index (χ2n) is 2.52. The van der Waals surface area contributed by atoms with Crippen molar-refractivity contribution in [2.24, 2.45) is 0 Å². The molecular weight excluding hydrogens is 180 g/mol. The Labute approximate surface area is 82.3 Å². The van der Waals surface area contributed by atoms with Crippen LogP contribution in [0.3, 0.4) is 0 Å². The second-order valence-corrected chi connectivity index (χ2v) is 2.52. The molecule has 0 fully saturated rings. The van der Waals surface area contributed by atoms with E-state index < -0.39 is 5.97 Å². The number of esters is 1. The SMILES string of the molecule is CCOC(=O)C#Cc1cncc(C)n1. The minimum absolute atomic E-state index is 0.326. The van der Waals surface area contributed by atoms with Crippen LogP contribution < -0.4 is 0 Å². The van der Waals surface area contributed by atoms with Crippen LogP contribution in [0, 0.1) is 18.8 Å². The largest absolute Gasteiger partial charge is 0.456 e. The van der Waals surface area contributed by atoms with Crippen LogP contribution in [0.25, 0.3) is 0 Å². The molecular formula is C10H10N2O2. The lowest BCUT2D eigenvalue weighted by Gasteiger charge is -1.92. The topological polar surface area (TPSA) is 52.1 Å². The monoisotopic (exact) mass is 190 g/mol. The van der Waals surface area contributed by atoms with Crippen molar-refractivity contribution in [2.45, 2.75) is 13.8 Å². The number of aromatic nitrogens is 2. The molecule has 1 rings (SSSR count). The number of hydrogen-bond acceptors (Lipinski definition) is 4. The molecule has 4 heteroatoms. The van der Waals surface area contributed by atoms with Crippen LogP contribution >= 0.6 is 0 Å². The first-order valence-electron chi connectivity index (χ1n) is 4.19. The lowest BCUT2D eigenvalue weighted by Crippen LogP contribution is -2.00. The maximum Gasteiger partial charge on any atom is 0.384 e. The van der Waals surface area contributed by atoms with E-state index >= 15 is 0 Å². The average Bonchev–Trinajstić information content (AvgIpc) is 2.15. The van der Waals surface area contributed by atoms with Gasteiger partial charge in [-0.05, 0) is 19.8 Å². The zero-order valence-corrected chi connectivity index (χ0v) is 8.07. The van der Waals surface area contributed by atoms with Crippen molar-refractivity contribution in [1.82, 2.24) is 9.97 Å². The summed E-state index contributed by atoms with van der Waals surface area (Å²) < 4.78 is 4.63. The van der Waals surface area contributed by atoms with Gasteiger partial charge in [0.1, 0.15) is 5.69 Å². The molecule has 0 spiro atoms. The molecule has 0 radical (unpaired) electrons. The fraction of sp³-hybridized carbons (Fsp3) is 0.300. The number of carbonyl (C=O) groups is 1. The zero-order chi connectivity index (χ0) is 10.4. The number of carbonyl (C=O) groups excluding carboxylic acids is 1. The quantitative estimate of drug-likeness (QED) is 0.483. The summed E-state index contributed by atoms with van der Waals surface area (Å²) in [6.07, 6.45) is 3.12. The number of ether oxygens (including phenoxy) is 1. The molecule has 0 atom stereocenters. The van der Waals surface area contributed by atoms with Crippen LogP contribution in [0.5, 0.6) is 0 Å². The van der Waals surface area contributed by atoms with Crippen molar-refractivity contribution in [3.8, 4) is 11.8 Å². The maximum atomic E-state index is 10.9. The van der Waals surface area contributed by atoms with E-state index in [1.807, 2.05) is 6.92 Å². The van der Waals surface area contributed by atoms with Gasteiger partial charge in [-0.25, -0.2) is 9.78 Å². The van der Waals surface area contributed by atoms with Crippen LogP contribution in [0.4, 0.5) is 0 Å². The summed E-state index contributed by atoms with van der Waals surface area (Å²) in [5.41, 5.74) is 1.23. The van der Waals surface area contributed by atoms with Gasteiger partial charge in [-0.3, -0.25) is 4.98 Å². The normalized spacial score (nSPS) is 8.71. The molecule has 0 aromatic carbocycles. The van der Waals surface area contributed by atoms with Gasteiger partial charge >= 0.3 is 5.97 Å². The third-order valence-corrected chi connectivity index (χ3v) is 1.32. The van der Waals surface area contributed by atoms with Crippen molar-refractivity contribution in [2.75, 3.05) is 6.61 Å². The van der Waals surface area contributed by atoms with Crippen LogP contribution in [-0.4, -0.2) is 22.5 Å². The molecule has 4 nitrogen and oxygen atoms in total. The number of nitrogens with zero attached hydrogens (tertiary/aromatic N) is 2. The summed E-state index contributed by atoms with van der Waals surface area (Å²) in [4.78, 5) is 18.8. The Hall–Kier alpha value is -1.89. The van der Waals surface area contributed by atoms with Crippen LogP contribution in [0.15, 0.2) is 12.4 Å². The Balaban J connectivity index is 2.72. The number of rotatable bonds is 1. The lowest BCUT2D eigenvalue weighted by molar-refractivity contribution is -0.136. The summed E-state index contributed by atoms with van der Waals surface area (Å²) >= 11 is 0. The molecule has 0 N–H and O–H groups in total. The molecule has 1 aromatic heterocycles. The first-order valence-corrected chi connectivity index (χ1v) is 4.19. The predicted octanol–water partition coefficient (Wildman–Crippen LogP) is 0.700. The highest BCUT2D eigenvalue weighted by molar-refractivity contribution is 5.88. The summed E-state index contributed by atoms with van der Waals surface area (Å²) in [6, 6.07) is 0. The van der Waals surface area contributed by atoms with Crippen LogP contribution in [0.2, 0.25) is 0 Å². The maximum absolute atomic E-state index is 10.9. The molecule has 1 aromatic rings. The number of hydrogen-bond donors (Lipinski definition) is 0. The molecule has 72 valence electrons. The minimum atomic E-state index is -0.546. The lowest BCUT2D eigenvalue weighted by atomic mass is 10.4. The fourth-order valence-corrected chi connectivity index (χ4v) is 0.806. The van der Waals surface area contributed by atoms with Crippen molar-refractivity contribution >= 4 is 5.97 Å². The molecule has 0 saturated heterocycles. The van der Waals surface area contributed by atoms with Crippen molar-refractivity contribution < 1.29 is 9.53 Å². The van der Waals surface area contributed by atoms with E-state index in [0.717, 1.165) is 5.69 Å². The van der Waals surface area contributed by atoms with Gasteiger partial charge in [0.15, 0.2) is 0 Å². The van der Waals surface area contributed by atoms with E-state index in [9.17, 15) is 4.79 Å². The highest BCUT2D eigenvalue weighted by atomic mass is 16.5. The van der Waals surface area contributed by atoms with Gasteiger partial charge in [0.25, 0.3) is 0 Å². The molecule has 14 heavy (non-hydrogen) atoms. The van der Waals surface area contributed by atoms with E-state index in [4.69, 9.17) is 0 Å². The summed E-state index contributed by atoms with van der Waals surface area (Å²) in [7, 11) is 0. The van der Waals surface area contributed by atoms with Crippen LogP contribution in [0.1, 0.15) is 18.3 Å². The van der Waals surface area contributed by atoms with Crippen molar-refractivity contribution in [3.05, 3.63) is 23.8 Å². The molecule has 0 aliphatic rings. The Morgan fingerprint density at radius 3 is 3.00 bits per heavy atom. The first-order chi connectivity index (χ1) is 6.72. The second kappa shape index (κ2) is 4.97. The first kappa shape index (κ1) is 10.2. The Bertz CT molecular complexity index is 391. The van der Waals surface area contributed by atoms with Gasteiger partial charge in [0.2, 0.25) is 0 Å². The number of aryl methyl sites for hydroxylation is 1. The molecule has 0 aliphatic heterocycles. The summed E-state index contributed by atoms with van der Waals surface area (Å²) in [5, 5.41) is 0. The van der Waals surface area contributed by atoms with Crippen molar-refractivity contribution in [3.63, 3.8) is 0 Å². The van der Waals surface area contributed by atoms with E-state index in [2.05, 4.69) is 26.5 Å². The third kappa shape index (κ3) is 3.23. The molecule has 0 amide bonds. The van der Waals surface area contributed by atoms with E-state index in [1.165, 1.54) is 6.20 Å². The molecule has 0 saturated carbocycles. The summed E-state index contributed by atoms with van der Waals surface area (Å²) in [5.74, 6) is 4.34. The van der Waals surface area contributed by atoms with Gasteiger partial charge in [-0.15, -0.1) is 0 Å². The van der Waals surface area contributed by atoms with Gasteiger partial charge in [0, 0.05) is 12.1 Å². The third-order valence-electron chi connectivity index (χ3n) is 1.32. The fourth-order valence-electron chi connectivity index (χ4n) is 0.806. The van der Waals surface area contributed by atoms with Gasteiger partial charge in [-0.1, -0.05) is 0 Å². The van der Waals surface area contributed by atoms with E-state index in [0.29, 0.717) is 12.3 Å². The van der Waals surface area contributed by atoms with Crippen LogP contribution in [-0.2, 0) is 9.53 Å².